The second kappa shape index (κ2) is 12.6. The number of para-hydroxylation sites is 1. The number of rotatable bonds is 6. The van der Waals surface area contributed by atoms with Crippen LogP contribution in [0.4, 0.5) is 0 Å². The quantitative estimate of drug-likeness (QED) is 0.138. The summed E-state index contributed by atoms with van der Waals surface area (Å²) in [5, 5.41) is 36.8. The van der Waals surface area contributed by atoms with Crippen LogP contribution < -0.4 is 20.7 Å². The minimum absolute atomic E-state index is 0.560. The Kier molecular flexibility index (Phi) is 7.63. The summed E-state index contributed by atoms with van der Waals surface area (Å²) < 4.78 is 2.19. The van der Waals surface area contributed by atoms with E-state index in [4.69, 9.17) is 0 Å². The number of hydrogen-bond acceptors (Lipinski definition) is 3. The molecule has 4 nitrogen and oxygen atoms in total. The van der Waals surface area contributed by atoms with Crippen molar-refractivity contribution in [3.05, 3.63) is 187 Å². The lowest BCUT2D eigenvalue weighted by Gasteiger charge is -2.35. The van der Waals surface area contributed by atoms with Gasteiger partial charge in [-0.3, -0.25) is 0 Å². The summed E-state index contributed by atoms with van der Waals surface area (Å²) in [5.41, 5.74) is 6.46. The minimum atomic E-state index is -2.93. The predicted octanol–water partition coefficient (Wildman–Crippen LogP) is 7.44. The summed E-state index contributed by atoms with van der Waals surface area (Å²) >= 11 is 0. The van der Waals surface area contributed by atoms with Gasteiger partial charge in [-0.25, -0.2) is 0 Å². The first-order valence-corrected chi connectivity index (χ1v) is 18.4. The average molecular weight is 653 g/mol. The lowest BCUT2D eigenvalue weighted by atomic mass is 10.0. The Hall–Kier alpha value is -6.97. The van der Waals surface area contributed by atoms with Crippen molar-refractivity contribution < 1.29 is 0 Å². The molecule has 0 saturated heterocycles. The molecule has 0 saturated carbocycles. The lowest BCUT2D eigenvalue weighted by molar-refractivity contribution is 1.18. The molecule has 1 heterocycles. The zero-order chi connectivity index (χ0) is 34.1. The van der Waals surface area contributed by atoms with E-state index in [1.807, 2.05) is 72.8 Å². The highest BCUT2D eigenvalue weighted by Crippen LogP contribution is 2.37. The third-order valence-electron chi connectivity index (χ3n) is 9.64. The van der Waals surface area contributed by atoms with E-state index in [1.165, 1.54) is 15.6 Å². The lowest BCUT2D eigenvalue weighted by Crippen LogP contribution is -2.75. The molecule has 0 radical (unpaired) electrons. The summed E-state index contributed by atoms with van der Waals surface area (Å²) in [7, 11) is -2.93. The van der Waals surface area contributed by atoms with Crippen LogP contribution in [0.15, 0.2) is 170 Å². The van der Waals surface area contributed by atoms with Gasteiger partial charge in [0.2, 0.25) is 0 Å². The van der Waals surface area contributed by atoms with Crippen LogP contribution in [-0.2, 0) is 0 Å². The van der Waals surface area contributed by atoms with Gasteiger partial charge in [-0.15, -0.1) is 0 Å². The summed E-state index contributed by atoms with van der Waals surface area (Å²) in [6.45, 7) is 0. The Bertz CT molecular complexity index is 2510. The van der Waals surface area contributed by atoms with Gasteiger partial charge in [0, 0.05) is 16.3 Å². The van der Waals surface area contributed by atoms with Crippen LogP contribution in [0, 0.1) is 34.0 Å². The van der Waals surface area contributed by atoms with Crippen molar-refractivity contribution in [2.75, 3.05) is 0 Å². The molecule has 1 aromatic heterocycles. The van der Waals surface area contributed by atoms with Crippen LogP contribution in [0.25, 0.3) is 38.6 Å². The van der Waals surface area contributed by atoms with Crippen molar-refractivity contribution in [2.45, 2.75) is 0 Å². The SMILES string of the molecule is N#Cc1ccc2c(c1)c1cc(C#N)ccc1n2-c1ccccc1-c1ccc([Si](c2ccccc2)(c2ccccc2)c2ccccc2)c(C#N)c1. The van der Waals surface area contributed by atoms with E-state index in [0.717, 1.165) is 43.8 Å². The summed E-state index contributed by atoms with van der Waals surface area (Å²) in [6, 6.07) is 65.0. The van der Waals surface area contributed by atoms with Gasteiger partial charge in [0.25, 0.3) is 0 Å². The Morgan fingerprint density at radius 1 is 0.440 bits per heavy atom. The molecule has 0 amide bonds. The van der Waals surface area contributed by atoms with Gasteiger partial charge in [-0.1, -0.05) is 121 Å². The highest BCUT2D eigenvalue weighted by molar-refractivity contribution is 7.20. The van der Waals surface area contributed by atoms with Crippen molar-refractivity contribution in [3.63, 3.8) is 0 Å². The van der Waals surface area contributed by atoms with E-state index in [2.05, 4.69) is 120 Å². The van der Waals surface area contributed by atoms with Gasteiger partial charge in [0.05, 0.1) is 51.6 Å². The first-order chi connectivity index (χ1) is 24.7. The van der Waals surface area contributed by atoms with Crippen LogP contribution >= 0.6 is 0 Å². The molecule has 7 aromatic carbocycles. The first kappa shape index (κ1) is 30.4. The van der Waals surface area contributed by atoms with Crippen LogP contribution in [-0.4, -0.2) is 12.6 Å². The number of fused-ring (bicyclic) bond motifs is 3. The van der Waals surface area contributed by atoms with Gasteiger partial charge in [-0.2, -0.15) is 15.8 Å². The van der Waals surface area contributed by atoms with Gasteiger partial charge < -0.3 is 4.57 Å². The summed E-state index contributed by atoms with van der Waals surface area (Å²) in [5.74, 6) is 0. The molecule has 0 unspecified atom stereocenters. The van der Waals surface area contributed by atoms with Gasteiger partial charge in [0.1, 0.15) is 0 Å². The van der Waals surface area contributed by atoms with E-state index >= 15 is 0 Å². The summed E-state index contributed by atoms with van der Waals surface area (Å²) in [4.78, 5) is 0. The highest BCUT2D eigenvalue weighted by Gasteiger charge is 2.43. The second-order valence-corrected chi connectivity index (χ2v) is 16.0. The fraction of sp³-hybridized carbons (Fsp3) is 0. The summed E-state index contributed by atoms with van der Waals surface area (Å²) in [6.07, 6.45) is 0. The number of hydrogen-bond donors (Lipinski definition) is 0. The number of benzene rings is 7. The molecule has 5 heteroatoms. The number of nitrogens with zero attached hydrogens (tertiary/aromatic N) is 4. The molecule has 0 aliphatic heterocycles. The molecule has 0 spiro atoms. The molecule has 8 aromatic rings. The van der Waals surface area contributed by atoms with E-state index < -0.39 is 8.07 Å². The molecule has 8 rings (SSSR count). The Morgan fingerprint density at radius 2 is 0.920 bits per heavy atom. The van der Waals surface area contributed by atoms with E-state index in [9.17, 15) is 15.8 Å². The molecule has 0 bridgehead atoms. The molecule has 0 N–H and O–H groups in total. The van der Waals surface area contributed by atoms with Crippen LogP contribution in [0.2, 0.25) is 0 Å². The first-order valence-electron chi connectivity index (χ1n) is 16.4. The number of nitriles is 3. The molecule has 50 heavy (non-hydrogen) atoms. The molecule has 0 fully saturated rings. The maximum atomic E-state index is 10.9. The monoisotopic (exact) mass is 652 g/mol. The van der Waals surface area contributed by atoms with Crippen molar-refractivity contribution in [1.29, 1.82) is 15.8 Å². The van der Waals surface area contributed by atoms with Crippen LogP contribution in [0.1, 0.15) is 16.7 Å². The molecular weight excluding hydrogens is 625 g/mol. The van der Waals surface area contributed by atoms with Gasteiger partial charge in [0.15, 0.2) is 8.07 Å². The molecule has 0 aliphatic carbocycles. The third kappa shape index (κ3) is 4.80. The Balaban J connectivity index is 1.39. The van der Waals surface area contributed by atoms with E-state index in [1.54, 1.807) is 0 Å². The third-order valence-corrected chi connectivity index (χ3v) is 14.5. The zero-order valence-electron chi connectivity index (χ0n) is 27.0. The molecule has 232 valence electrons. The topological polar surface area (TPSA) is 76.3 Å². The fourth-order valence-corrected chi connectivity index (χ4v) is 12.4. The van der Waals surface area contributed by atoms with Crippen LogP contribution in [0.3, 0.4) is 0 Å². The van der Waals surface area contributed by atoms with Crippen molar-refractivity contribution in [2.24, 2.45) is 0 Å². The maximum Gasteiger partial charge on any atom is 0.180 e. The van der Waals surface area contributed by atoms with Crippen molar-refractivity contribution in [3.8, 4) is 35.0 Å². The molecular formula is C45H28N4Si. The maximum absolute atomic E-state index is 10.9. The molecule has 0 atom stereocenters. The standard InChI is InChI=1S/C45H28N4Si/c46-29-32-20-23-43-40(26-32)41-27-33(30-47)21-24-44(41)49(43)42-19-11-10-18-39(42)34-22-25-45(35(28-34)31-48)50(36-12-4-1-5-13-36,37-14-6-2-7-15-37)38-16-8-3-9-17-38/h1-28H. The minimum Gasteiger partial charge on any atom is -0.309 e. The van der Waals surface area contributed by atoms with Crippen LogP contribution in [0.5, 0.6) is 0 Å². The fourth-order valence-electron chi connectivity index (χ4n) is 7.50. The Morgan fingerprint density at radius 3 is 1.40 bits per heavy atom. The van der Waals surface area contributed by atoms with Gasteiger partial charge in [-0.05, 0) is 74.8 Å². The average Bonchev–Trinajstić information content (AvgIpc) is 3.52. The van der Waals surface area contributed by atoms with E-state index in [-0.39, 0.29) is 0 Å². The van der Waals surface area contributed by atoms with Crippen molar-refractivity contribution >= 4 is 50.6 Å². The molecule has 0 aliphatic rings. The Labute approximate surface area is 291 Å². The predicted molar refractivity (Wildman–Crippen MR) is 204 cm³/mol. The largest absolute Gasteiger partial charge is 0.309 e. The van der Waals surface area contributed by atoms with Gasteiger partial charge >= 0.3 is 0 Å². The highest BCUT2D eigenvalue weighted by atomic mass is 28.3. The van der Waals surface area contributed by atoms with E-state index in [0.29, 0.717) is 16.7 Å². The number of aromatic nitrogens is 1. The second-order valence-electron chi connectivity index (χ2n) is 12.3. The normalized spacial score (nSPS) is 11.1. The van der Waals surface area contributed by atoms with Crippen molar-refractivity contribution in [1.82, 2.24) is 4.57 Å². The smallest absolute Gasteiger partial charge is 0.180 e. The zero-order valence-corrected chi connectivity index (χ0v) is 28.0.